The summed E-state index contributed by atoms with van der Waals surface area (Å²) in [4.78, 5) is 39.1. The van der Waals surface area contributed by atoms with Gasteiger partial charge in [0.15, 0.2) is 0 Å². The number of amides is 4. The van der Waals surface area contributed by atoms with Gasteiger partial charge in [-0.1, -0.05) is 12.1 Å². The third-order valence-corrected chi connectivity index (χ3v) is 5.06. The summed E-state index contributed by atoms with van der Waals surface area (Å²) in [5.74, 6) is -1.27. The van der Waals surface area contributed by atoms with Gasteiger partial charge in [-0.25, -0.2) is 9.69 Å². The highest BCUT2D eigenvalue weighted by atomic mass is 32.1. The van der Waals surface area contributed by atoms with Gasteiger partial charge in [0.2, 0.25) is 0 Å². The molecule has 2 aromatic rings. The van der Waals surface area contributed by atoms with Crippen molar-refractivity contribution in [3.05, 3.63) is 56.8 Å². The summed E-state index contributed by atoms with van der Waals surface area (Å²) in [6.45, 7) is 5.65. The topological polar surface area (TPSA) is 66.5 Å². The molecule has 2 heterocycles. The second-order valence-electron chi connectivity index (χ2n) is 5.64. The molecule has 0 saturated carbocycles. The third kappa shape index (κ3) is 2.65. The number of carbonyl (C=O) groups is 3. The summed E-state index contributed by atoms with van der Waals surface area (Å²) in [5.41, 5.74) is 3.20. The number of imide groups is 2. The average Bonchev–Trinajstić information content (AvgIpc) is 2.93. The van der Waals surface area contributed by atoms with E-state index in [1.807, 2.05) is 38.3 Å². The van der Waals surface area contributed by atoms with E-state index in [1.165, 1.54) is 11.3 Å². The molecule has 0 unspecified atom stereocenters. The van der Waals surface area contributed by atoms with Gasteiger partial charge in [0, 0.05) is 4.88 Å². The van der Waals surface area contributed by atoms with E-state index < -0.39 is 17.8 Å². The van der Waals surface area contributed by atoms with Crippen molar-refractivity contribution in [1.29, 1.82) is 0 Å². The number of hydrogen-bond acceptors (Lipinski definition) is 4. The summed E-state index contributed by atoms with van der Waals surface area (Å²) in [6.07, 6.45) is 1.54. The highest BCUT2D eigenvalue weighted by molar-refractivity contribution is 7.11. The van der Waals surface area contributed by atoms with Gasteiger partial charge in [0.05, 0.1) is 5.69 Å². The number of barbiturate groups is 1. The molecule has 1 fully saturated rings. The van der Waals surface area contributed by atoms with Crippen LogP contribution >= 0.6 is 11.3 Å². The van der Waals surface area contributed by atoms with Crippen LogP contribution in [0.15, 0.2) is 35.2 Å². The fourth-order valence-corrected chi connectivity index (χ4v) is 3.38. The van der Waals surface area contributed by atoms with Gasteiger partial charge >= 0.3 is 6.03 Å². The fourth-order valence-electron chi connectivity index (χ4n) is 2.52. The van der Waals surface area contributed by atoms with E-state index in [9.17, 15) is 14.4 Å². The van der Waals surface area contributed by atoms with Crippen LogP contribution in [0.4, 0.5) is 10.5 Å². The SMILES string of the molecule is Cc1ccsc1/C=C1\C(=O)NC(=O)N(c2cccc(C)c2C)C1=O. The zero-order valence-electron chi connectivity index (χ0n) is 13.5. The van der Waals surface area contributed by atoms with Crippen molar-refractivity contribution < 1.29 is 14.4 Å². The van der Waals surface area contributed by atoms with Crippen LogP contribution in [0.1, 0.15) is 21.6 Å². The Hall–Kier alpha value is -2.73. The Balaban J connectivity index is 2.09. The lowest BCUT2D eigenvalue weighted by Gasteiger charge is -2.28. The van der Waals surface area contributed by atoms with E-state index in [0.29, 0.717) is 5.69 Å². The van der Waals surface area contributed by atoms with E-state index >= 15 is 0 Å². The normalized spacial score (nSPS) is 16.7. The predicted octanol–water partition coefficient (Wildman–Crippen LogP) is 3.34. The molecule has 0 aliphatic carbocycles. The molecule has 1 aliphatic heterocycles. The van der Waals surface area contributed by atoms with Gasteiger partial charge in [0.25, 0.3) is 11.8 Å². The minimum absolute atomic E-state index is 0.0407. The van der Waals surface area contributed by atoms with Gasteiger partial charge in [-0.15, -0.1) is 11.3 Å². The van der Waals surface area contributed by atoms with E-state index in [-0.39, 0.29) is 5.57 Å². The van der Waals surface area contributed by atoms with Crippen LogP contribution in [-0.2, 0) is 9.59 Å². The van der Waals surface area contributed by atoms with Crippen molar-refractivity contribution in [2.24, 2.45) is 0 Å². The zero-order chi connectivity index (χ0) is 17.4. The number of benzene rings is 1. The van der Waals surface area contributed by atoms with Crippen molar-refractivity contribution >= 4 is 40.9 Å². The minimum Gasteiger partial charge on any atom is -0.273 e. The Morgan fingerprint density at radius 1 is 1.04 bits per heavy atom. The third-order valence-electron chi connectivity index (χ3n) is 4.10. The van der Waals surface area contributed by atoms with E-state index in [0.717, 1.165) is 26.5 Å². The Morgan fingerprint density at radius 3 is 2.46 bits per heavy atom. The molecule has 1 saturated heterocycles. The first-order valence-electron chi connectivity index (χ1n) is 7.42. The summed E-state index contributed by atoms with van der Waals surface area (Å²) >= 11 is 1.44. The number of hydrogen-bond donors (Lipinski definition) is 1. The first kappa shape index (κ1) is 16.1. The van der Waals surface area contributed by atoms with Crippen molar-refractivity contribution in [1.82, 2.24) is 5.32 Å². The monoisotopic (exact) mass is 340 g/mol. The fraction of sp³-hybridized carbons (Fsp3) is 0.167. The van der Waals surface area contributed by atoms with Crippen LogP contribution in [0.2, 0.25) is 0 Å². The van der Waals surface area contributed by atoms with E-state index in [1.54, 1.807) is 18.2 Å². The Labute approximate surface area is 143 Å². The molecule has 4 amide bonds. The Bertz CT molecular complexity index is 895. The Kier molecular flexibility index (Phi) is 4.07. The molecule has 122 valence electrons. The molecule has 0 radical (unpaired) electrons. The second-order valence-corrected chi connectivity index (χ2v) is 6.59. The summed E-state index contributed by atoms with van der Waals surface area (Å²) in [7, 11) is 0. The number of nitrogens with one attached hydrogen (secondary N) is 1. The maximum atomic E-state index is 12.8. The molecular weight excluding hydrogens is 324 g/mol. The largest absolute Gasteiger partial charge is 0.335 e. The molecule has 3 rings (SSSR count). The molecule has 1 aromatic carbocycles. The molecule has 1 aromatic heterocycles. The van der Waals surface area contributed by atoms with Crippen LogP contribution in [-0.4, -0.2) is 17.8 Å². The lowest BCUT2D eigenvalue weighted by Crippen LogP contribution is -2.54. The highest BCUT2D eigenvalue weighted by Gasteiger charge is 2.37. The van der Waals surface area contributed by atoms with Gasteiger partial charge < -0.3 is 0 Å². The molecule has 0 atom stereocenters. The van der Waals surface area contributed by atoms with Gasteiger partial charge in [-0.3, -0.25) is 14.9 Å². The molecule has 1 N–H and O–H groups in total. The number of anilines is 1. The number of urea groups is 1. The predicted molar refractivity (Wildman–Crippen MR) is 94.0 cm³/mol. The van der Waals surface area contributed by atoms with Crippen molar-refractivity contribution in [2.45, 2.75) is 20.8 Å². The standard InChI is InChI=1S/C18H16N2O3S/c1-10-5-4-6-14(12(10)3)20-17(22)13(16(21)19-18(20)23)9-15-11(2)7-8-24-15/h4-9H,1-3H3,(H,19,21,23)/b13-9+. The molecule has 0 bridgehead atoms. The van der Waals surface area contributed by atoms with Gasteiger partial charge in [-0.05, 0) is 61.1 Å². The number of rotatable bonds is 2. The molecule has 5 nitrogen and oxygen atoms in total. The zero-order valence-corrected chi connectivity index (χ0v) is 14.4. The second kappa shape index (κ2) is 6.05. The molecule has 6 heteroatoms. The highest BCUT2D eigenvalue weighted by Crippen LogP contribution is 2.28. The van der Waals surface area contributed by atoms with Gasteiger partial charge in [-0.2, -0.15) is 0 Å². The first-order valence-corrected chi connectivity index (χ1v) is 8.30. The van der Waals surface area contributed by atoms with Crippen LogP contribution in [0.3, 0.4) is 0 Å². The number of carbonyl (C=O) groups excluding carboxylic acids is 3. The maximum Gasteiger partial charge on any atom is 0.335 e. The van der Waals surface area contributed by atoms with Crippen molar-refractivity contribution in [3.8, 4) is 0 Å². The summed E-state index contributed by atoms with van der Waals surface area (Å²) < 4.78 is 0. The lowest BCUT2D eigenvalue weighted by atomic mass is 10.0. The quantitative estimate of drug-likeness (QED) is 0.673. The molecule has 1 aliphatic rings. The van der Waals surface area contributed by atoms with Gasteiger partial charge in [0.1, 0.15) is 5.57 Å². The van der Waals surface area contributed by atoms with E-state index in [2.05, 4.69) is 5.32 Å². The number of aryl methyl sites for hydroxylation is 2. The number of thiophene rings is 1. The smallest absolute Gasteiger partial charge is 0.273 e. The van der Waals surface area contributed by atoms with Crippen LogP contribution in [0.5, 0.6) is 0 Å². The summed E-state index contributed by atoms with van der Waals surface area (Å²) in [5, 5.41) is 4.14. The van der Waals surface area contributed by atoms with Crippen LogP contribution < -0.4 is 10.2 Å². The molecule has 0 spiro atoms. The molecule has 24 heavy (non-hydrogen) atoms. The van der Waals surface area contributed by atoms with E-state index in [4.69, 9.17) is 0 Å². The minimum atomic E-state index is -0.723. The maximum absolute atomic E-state index is 12.8. The lowest BCUT2D eigenvalue weighted by molar-refractivity contribution is -0.122. The number of nitrogens with zero attached hydrogens (tertiary/aromatic N) is 1. The average molecular weight is 340 g/mol. The van der Waals surface area contributed by atoms with Crippen LogP contribution in [0, 0.1) is 20.8 Å². The van der Waals surface area contributed by atoms with Crippen molar-refractivity contribution in [2.75, 3.05) is 4.90 Å². The molecular formula is C18H16N2O3S. The van der Waals surface area contributed by atoms with Crippen molar-refractivity contribution in [3.63, 3.8) is 0 Å². The first-order chi connectivity index (χ1) is 11.4. The Morgan fingerprint density at radius 2 is 1.79 bits per heavy atom. The summed E-state index contributed by atoms with van der Waals surface area (Å²) in [6, 6.07) is 6.57. The van der Waals surface area contributed by atoms with Crippen LogP contribution in [0.25, 0.3) is 6.08 Å².